The molecule has 0 radical (unpaired) electrons. The van der Waals surface area contributed by atoms with Gasteiger partial charge in [0.15, 0.2) is 0 Å². The van der Waals surface area contributed by atoms with E-state index in [4.69, 9.17) is 23.2 Å². The third kappa shape index (κ3) is 2.05. The molecule has 0 fully saturated rings. The van der Waals surface area contributed by atoms with E-state index in [1.165, 1.54) is 31.3 Å². The molecule has 3 rings (SSSR count). The van der Waals surface area contributed by atoms with E-state index >= 15 is 0 Å². The summed E-state index contributed by atoms with van der Waals surface area (Å²) >= 11 is 14.4. The van der Waals surface area contributed by atoms with Gasteiger partial charge in [-0.2, -0.15) is 0 Å². The summed E-state index contributed by atoms with van der Waals surface area (Å²) in [6.45, 7) is 4.28. The van der Waals surface area contributed by atoms with Gasteiger partial charge in [0.1, 0.15) is 0 Å². The van der Waals surface area contributed by atoms with Crippen molar-refractivity contribution in [3.63, 3.8) is 0 Å². The average Bonchev–Trinajstić information content (AvgIpc) is 2.74. The first kappa shape index (κ1) is 13.2. The largest absolute Gasteiger partial charge is 0.135 e. The van der Waals surface area contributed by atoms with Crippen molar-refractivity contribution in [1.82, 2.24) is 0 Å². The molecular formula is C16H14Cl2S. The summed E-state index contributed by atoms with van der Waals surface area (Å²) < 4.78 is 2.54. The highest BCUT2D eigenvalue weighted by atomic mass is 35.5. The highest BCUT2D eigenvalue weighted by Gasteiger charge is 2.12. The molecule has 0 unspecified atom stereocenters. The Morgan fingerprint density at radius 1 is 0.947 bits per heavy atom. The SMILES string of the molecule is CCc1cc2c(cc1Cl)sc1c(CC)c(Cl)ccc12. The highest BCUT2D eigenvalue weighted by Crippen LogP contribution is 2.40. The molecule has 3 aromatic rings. The number of hydrogen-bond donors (Lipinski definition) is 0. The third-order valence-corrected chi connectivity index (χ3v) is 5.52. The van der Waals surface area contributed by atoms with E-state index in [9.17, 15) is 0 Å². The maximum absolute atomic E-state index is 6.32. The third-order valence-electron chi connectivity index (χ3n) is 3.59. The lowest BCUT2D eigenvalue weighted by molar-refractivity contribution is 1.15. The summed E-state index contributed by atoms with van der Waals surface area (Å²) in [5, 5.41) is 4.33. The molecule has 0 saturated heterocycles. The van der Waals surface area contributed by atoms with Crippen LogP contribution < -0.4 is 0 Å². The number of rotatable bonds is 2. The number of benzene rings is 2. The summed E-state index contributed by atoms with van der Waals surface area (Å²) in [5.41, 5.74) is 2.46. The van der Waals surface area contributed by atoms with Gasteiger partial charge in [-0.1, -0.05) is 43.1 Å². The van der Waals surface area contributed by atoms with Gasteiger partial charge in [-0.25, -0.2) is 0 Å². The summed E-state index contributed by atoms with van der Waals surface area (Å²) in [7, 11) is 0. The summed E-state index contributed by atoms with van der Waals surface area (Å²) in [6.07, 6.45) is 1.91. The fourth-order valence-corrected chi connectivity index (χ4v) is 4.59. The van der Waals surface area contributed by atoms with Crippen LogP contribution in [0.1, 0.15) is 25.0 Å². The quantitative estimate of drug-likeness (QED) is 0.508. The second-order valence-electron chi connectivity index (χ2n) is 4.65. The summed E-state index contributed by atoms with van der Waals surface area (Å²) in [4.78, 5) is 0. The Bertz CT molecular complexity index is 771. The van der Waals surface area contributed by atoms with Crippen molar-refractivity contribution in [2.24, 2.45) is 0 Å². The predicted octanol–water partition coefficient (Wildman–Crippen LogP) is 6.49. The lowest BCUT2D eigenvalue weighted by atomic mass is 10.0. The molecule has 0 atom stereocenters. The van der Waals surface area contributed by atoms with Crippen LogP contribution in [0.2, 0.25) is 10.0 Å². The Hall–Kier alpha value is -0.760. The highest BCUT2D eigenvalue weighted by molar-refractivity contribution is 7.26. The van der Waals surface area contributed by atoms with Crippen LogP contribution in [-0.4, -0.2) is 0 Å². The smallest absolute Gasteiger partial charge is 0.0452 e. The number of halogens is 2. The summed E-state index contributed by atoms with van der Waals surface area (Å²) in [5.74, 6) is 0. The topological polar surface area (TPSA) is 0 Å². The average molecular weight is 309 g/mol. The van der Waals surface area contributed by atoms with E-state index in [1.54, 1.807) is 11.3 Å². The van der Waals surface area contributed by atoms with Gasteiger partial charge in [0.05, 0.1) is 0 Å². The second kappa shape index (κ2) is 4.97. The molecule has 1 aromatic heterocycles. The molecule has 0 N–H and O–H groups in total. The second-order valence-corrected chi connectivity index (χ2v) is 6.52. The van der Waals surface area contributed by atoms with Crippen molar-refractivity contribution < 1.29 is 0 Å². The number of aryl methyl sites for hydroxylation is 2. The van der Waals surface area contributed by atoms with E-state index in [0.717, 1.165) is 22.9 Å². The minimum absolute atomic E-state index is 0.864. The van der Waals surface area contributed by atoms with Crippen LogP contribution in [0.25, 0.3) is 20.2 Å². The van der Waals surface area contributed by atoms with Gasteiger partial charge in [0.25, 0.3) is 0 Å². The number of hydrogen-bond acceptors (Lipinski definition) is 1. The fraction of sp³-hybridized carbons (Fsp3) is 0.250. The molecule has 0 aliphatic carbocycles. The van der Waals surface area contributed by atoms with Gasteiger partial charge in [-0.15, -0.1) is 11.3 Å². The van der Waals surface area contributed by atoms with Crippen molar-refractivity contribution in [1.29, 1.82) is 0 Å². The Labute approximate surface area is 127 Å². The molecule has 2 aromatic carbocycles. The zero-order chi connectivity index (χ0) is 13.6. The van der Waals surface area contributed by atoms with Crippen LogP contribution in [-0.2, 0) is 12.8 Å². The van der Waals surface area contributed by atoms with E-state index in [0.29, 0.717) is 0 Å². The Morgan fingerprint density at radius 3 is 2.42 bits per heavy atom. The van der Waals surface area contributed by atoms with Crippen LogP contribution in [0.4, 0.5) is 0 Å². The van der Waals surface area contributed by atoms with Gasteiger partial charge < -0.3 is 0 Å². The molecule has 3 heteroatoms. The van der Waals surface area contributed by atoms with Crippen LogP contribution >= 0.6 is 34.5 Å². The molecule has 19 heavy (non-hydrogen) atoms. The Kier molecular flexibility index (Phi) is 3.46. The normalized spacial score (nSPS) is 11.6. The van der Waals surface area contributed by atoms with Crippen LogP contribution in [0, 0.1) is 0 Å². The van der Waals surface area contributed by atoms with Crippen LogP contribution in [0.5, 0.6) is 0 Å². The minimum Gasteiger partial charge on any atom is -0.135 e. The monoisotopic (exact) mass is 308 g/mol. The maximum Gasteiger partial charge on any atom is 0.0452 e. The van der Waals surface area contributed by atoms with E-state index < -0.39 is 0 Å². The Morgan fingerprint density at radius 2 is 1.74 bits per heavy atom. The van der Waals surface area contributed by atoms with Crippen LogP contribution in [0.3, 0.4) is 0 Å². The Balaban J connectivity index is 2.45. The summed E-state index contributed by atoms with van der Waals surface area (Å²) in [6, 6.07) is 8.45. The van der Waals surface area contributed by atoms with Gasteiger partial charge in [-0.3, -0.25) is 0 Å². The molecule has 0 aliphatic heterocycles. The molecule has 0 nitrogen and oxygen atoms in total. The van der Waals surface area contributed by atoms with Crippen LogP contribution in [0.15, 0.2) is 24.3 Å². The lowest BCUT2D eigenvalue weighted by Gasteiger charge is -2.03. The molecule has 0 aliphatic rings. The number of fused-ring (bicyclic) bond motifs is 3. The first-order valence-corrected chi connectivity index (χ1v) is 8.05. The molecule has 0 spiro atoms. The fourth-order valence-electron chi connectivity index (χ4n) is 2.54. The van der Waals surface area contributed by atoms with Crippen molar-refractivity contribution in [3.05, 3.63) is 45.4 Å². The minimum atomic E-state index is 0.864. The lowest BCUT2D eigenvalue weighted by Crippen LogP contribution is -1.83. The maximum atomic E-state index is 6.32. The standard InChI is InChI=1S/C16H14Cl2S/c1-3-9-7-12-11-5-6-13(17)10(4-2)16(11)19-15(12)8-14(9)18/h5-8H,3-4H2,1-2H3. The molecule has 1 heterocycles. The van der Waals surface area contributed by atoms with Gasteiger partial charge in [0, 0.05) is 30.2 Å². The van der Waals surface area contributed by atoms with E-state index in [1.807, 2.05) is 6.07 Å². The van der Waals surface area contributed by atoms with E-state index in [-0.39, 0.29) is 0 Å². The number of thiophene rings is 1. The molecule has 0 saturated carbocycles. The molecule has 0 bridgehead atoms. The van der Waals surface area contributed by atoms with Gasteiger partial charge in [-0.05, 0) is 42.2 Å². The van der Waals surface area contributed by atoms with Crippen molar-refractivity contribution >= 4 is 54.7 Å². The van der Waals surface area contributed by atoms with Crippen molar-refractivity contribution in [2.75, 3.05) is 0 Å². The molecule has 98 valence electrons. The van der Waals surface area contributed by atoms with Gasteiger partial charge in [0.2, 0.25) is 0 Å². The predicted molar refractivity (Wildman–Crippen MR) is 88.1 cm³/mol. The molecule has 0 amide bonds. The molecular weight excluding hydrogens is 295 g/mol. The zero-order valence-electron chi connectivity index (χ0n) is 10.9. The van der Waals surface area contributed by atoms with Gasteiger partial charge >= 0.3 is 0 Å². The van der Waals surface area contributed by atoms with Crippen molar-refractivity contribution in [2.45, 2.75) is 26.7 Å². The first-order valence-electron chi connectivity index (χ1n) is 6.47. The van der Waals surface area contributed by atoms with Crippen molar-refractivity contribution in [3.8, 4) is 0 Å². The zero-order valence-corrected chi connectivity index (χ0v) is 13.2. The first-order chi connectivity index (χ1) is 9.15. The van der Waals surface area contributed by atoms with E-state index in [2.05, 4.69) is 32.0 Å².